The van der Waals surface area contributed by atoms with Gasteiger partial charge < -0.3 is 14.4 Å². The smallest absolute Gasteiger partial charge is 0.343 e. The number of nitrogens with zero attached hydrogens (tertiary/aromatic N) is 1. The Bertz CT molecular complexity index is 1420. The molecule has 0 fully saturated rings. The van der Waals surface area contributed by atoms with E-state index in [0.29, 0.717) is 35.4 Å². The third-order valence-corrected chi connectivity index (χ3v) is 6.99. The third kappa shape index (κ3) is 8.07. The van der Waals surface area contributed by atoms with Gasteiger partial charge in [-0.2, -0.15) is 0 Å². The molecule has 212 valence electrons. The minimum atomic E-state index is -0.398. The number of rotatable bonds is 12. The van der Waals surface area contributed by atoms with E-state index in [1.807, 2.05) is 48.5 Å². The van der Waals surface area contributed by atoms with Gasteiger partial charge in [0.05, 0.1) is 11.1 Å². The van der Waals surface area contributed by atoms with Crippen molar-refractivity contribution >= 4 is 17.6 Å². The summed E-state index contributed by atoms with van der Waals surface area (Å²) < 4.78 is 11.4. The predicted molar refractivity (Wildman–Crippen MR) is 165 cm³/mol. The molecule has 0 unspecified atom stereocenters. The van der Waals surface area contributed by atoms with Crippen molar-refractivity contribution in [3.05, 3.63) is 131 Å². The van der Waals surface area contributed by atoms with Crippen molar-refractivity contribution in [2.75, 3.05) is 4.90 Å². The molecule has 0 aliphatic carbocycles. The van der Waals surface area contributed by atoms with Gasteiger partial charge in [0.2, 0.25) is 0 Å². The van der Waals surface area contributed by atoms with Crippen LogP contribution in [0, 0.1) is 0 Å². The van der Waals surface area contributed by atoms with E-state index in [4.69, 9.17) is 9.47 Å². The number of aryl methyl sites for hydroxylation is 2. The molecule has 0 aliphatic rings. The Balaban J connectivity index is 1.52. The number of benzene rings is 4. The molecule has 0 amide bonds. The van der Waals surface area contributed by atoms with Gasteiger partial charge in [-0.05, 0) is 106 Å². The monoisotopic (exact) mass is 549 g/mol. The zero-order valence-corrected chi connectivity index (χ0v) is 24.4. The Labute approximate surface area is 243 Å². The molecule has 41 heavy (non-hydrogen) atoms. The number of hydrogen-bond acceptors (Lipinski definition) is 5. The Morgan fingerprint density at radius 3 is 1.85 bits per heavy atom. The lowest BCUT2D eigenvalue weighted by Gasteiger charge is -2.34. The van der Waals surface area contributed by atoms with Crippen LogP contribution in [0.5, 0.6) is 5.75 Å². The highest BCUT2D eigenvalue weighted by Crippen LogP contribution is 2.28. The van der Waals surface area contributed by atoms with E-state index < -0.39 is 5.97 Å². The highest BCUT2D eigenvalue weighted by atomic mass is 16.5. The zero-order chi connectivity index (χ0) is 29.2. The zero-order valence-electron chi connectivity index (χ0n) is 24.4. The molecule has 0 aliphatic heterocycles. The number of carbonyl (C=O) groups excluding carboxylic acids is 2. The predicted octanol–water partition coefficient (Wildman–Crippen LogP) is 8.06. The molecule has 5 nitrogen and oxygen atoms in total. The first-order valence-electron chi connectivity index (χ1n) is 14.3. The molecule has 0 N–H and O–H groups in total. The molecule has 0 radical (unpaired) electrons. The van der Waals surface area contributed by atoms with E-state index in [2.05, 4.69) is 56.9 Å². The fourth-order valence-electron chi connectivity index (χ4n) is 5.15. The summed E-state index contributed by atoms with van der Waals surface area (Å²) in [5.74, 6) is -0.246. The molecule has 0 aromatic heterocycles. The van der Waals surface area contributed by atoms with Crippen LogP contribution in [0.4, 0.5) is 5.69 Å². The van der Waals surface area contributed by atoms with Crippen molar-refractivity contribution in [3.8, 4) is 5.75 Å². The second kappa shape index (κ2) is 14.3. The molecule has 4 aromatic rings. The molecular formula is C36H39NO4. The highest BCUT2D eigenvalue weighted by molar-refractivity contribution is 5.91. The fourth-order valence-corrected chi connectivity index (χ4v) is 5.15. The summed E-state index contributed by atoms with van der Waals surface area (Å²) >= 11 is 0. The summed E-state index contributed by atoms with van der Waals surface area (Å²) in [6.07, 6.45) is 2.45. The van der Waals surface area contributed by atoms with Crippen LogP contribution in [0.2, 0.25) is 0 Å². The maximum Gasteiger partial charge on any atom is 0.343 e. The molecule has 4 rings (SSSR count). The molecule has 0 heterocycles. The van der Waals surface area contributed by atoms with Crippen LogP contribution in [0.25, 0.3) is 0 Å². The van der Waals surface area contributed by atoms with Crippen molar-refractivity contribution in [3.63, 3.8) is 0 Å². The van der Waals surface area contributed by atoms with E-state index in [0.717, 1.165) is 24.0 Å². The molecule has 0 spiro atoms. The van der Waals surface area contributed by atoms with Crippen molar-refractivity contribution in [2.45, 2.75) is 65.6 Å². The van der Waals surface area contributed by atoms with Crippen molar-refractivity contribution in [1.29, 1.82) is 0 Å². The Hall–Kier alpha value is -4.38. The largest absolute Gasteiger partial charge is 0.457 e. The fraction of sp³-hybridized carbons (Fsp3) is 0.278. The second-order valence-corrected chi connectivity index (χ2v) is 10.7. The summed E-state index contributed by atoms with van der Waals surface area (Å²) in [5.41, 5.74) is 5.31. The first-order chi connectivity index (χ1) is 19.8. The summed E-state index contributed by atoms with van der Waals surface area (Å²) in [6, 6.07) is 32.9. The number of anilines is 1. The van der Waals surface area contributed by atoms with Crippen LogP contribution >= 0.6 is 0 Å². The summed E-state index contributed by atoms with van der Waals surface area (Å²) in [4.78, 5) is 27.8. The lowest BCUT2D eigenvalue weighted by Crippen LogP contribution is -2.37. The van der Waals surface area contributed by atoms with Gasteiger partial charge in [-0.15, -0.1) is 0 Å². The van der Waals surface area contributed by atoms with Crippen LogP contribution in [-0.4, -0.2) is 24.0 Å². The van der Waals surface area contributed by atoms with Crippen molar-refractivity contribution in [1.82, 2.24) is 0 Å². The van der Waals surface area contributed by atoms with Gasteiger partial charge >= 0.3 is 11.9 Å². The van der Waals surface area contributed by atoms with Gasteiger partial charge in [-0.3, -0.25) is 0 Å². The normalized spacial score (nSPS) is 11.0. The van der Waals surface area contributed by atoms with E-state index in [1.165, 1.54) is 11.3 Å². The van der Waals surface area contributed by atoms with Crippen LogP contribution in [-0.2, 0) is 24.2 Å². The number of carbonyl (C=O) groups is 2. The van der Waals surface area contributed by atoms with Gasteiger partial charge in [0.15, 0.2) is 0 Å². The van der Waals surface area contributed by atoms with Gasteiger partial charge in [-0.25, -0.2) is 9.59 Å². The highest BCUT2D eigenvalue weighted by Gasteiger charge is 2.18. The number of ether oxygens (including phenoxy) is 2. The topological polar surface area (TPSA) is 55.8 Å². The molecule has 4 aromatic carbocycles. The Kier molecular flexibility index (Phi) is 10.3. The van der Waals surface area contributed by atoms with Crippen LogP contribution in [0.15, 0.2) is 103 Å². The summed E-state index contributed by atoms with van der Waals surface area (Å²) in [5, 5.41) is 0. The van der Waals surface area contributed by atoms with E-state index in [1.54, 1.807) is 30.3 Å². The molecule has 5 heteroatoms. The molecule has 0 atom stereocenters. The molecular weight excluding hydrogens is 510 g/mol. The lowest BCUT2D eigenvalue weighted by atomic mass is 9.99. The van der Waals surface area contributed by atoms with Crippen LogP contribution < -0.4 is 9.64 Å². The molecule has 0 saturated carbocycles. The second-order valence-electron chi connectivity index (χ2n) is 10.7. The van der Waals surface area contributed by atoms with Gasteiger partial charge in [0, 0.05) is 17.8 Å². The van der Waals surface area contributed by atoms with Gasteiger partial charge in [0.1, 0.15) is 12.4 Å². The van der Waals surface area contributed by atoms with Crippen LogP contribution in [0.3, 0.4) is 0 Å². The van der Waals surface area contributed by atoms with Gasteiger partial charge in [-0.1, -0.05) is 60.7 Å². The SMILES string of the molecule is CC(C)N(c1ccccc1CCCc1cc(COC(=O)c2ccccc2)ccc1OC(=O)c1ccccc1)C(C)C. The molecule has 0 saturated heterocycles. The third-order valence-electron chi connectivity index (χ3n) is 6.99. The van der Waals surface area contributed by atoms with Crippen molar-refractivity contribution in [2.24, 2.45) is 0 Å². The number of hydrogen-bond donors (Lipinski definition) is 0. The Morgan fingerprint density at radius 1 is 0.659 bits per heavy atom. The standard InChI is InChI=1S/C36H39NO4/c1-26(2)37(27(3)4)33-21-12-11-14-29(33)19-13-20-32-24-28(25-40-35(38)30-15-7-5-8-16-30)22-23-34(32)41-36(39)31-17-9-6-10-18-31/h5-12,14-18,21-24,26-27H,13,19-20,25H2,1-4H3. The van der Waals surface area contributed by atoms with E-state index >= 15 is 0 Å². The Morgan fingerprint density at radius 2 is 1.22 bits per heavy atom. The quantitative estimate of drug-likeness (QED) is 0.132. The average Bonchev–Trinajstić information content (AvgIpc) is 2.98. The van der Waals surface area contributed by atoms with Crippen LogP contribution in [0.1, 0.15) is 71.5 Å². The first kappa shape index (κ1) is 29.6. The van der Waals surface area contributed by atoms with E-state index in [-0.39, 0.29) is 12.6 Å². The average molecular weight is 550 g/mol. The number of para-hydroxylation sites is 1. The minimum absolute atomic E-state index is 0.133. The number of esters is 2. The van der Waals surface area contributed by atoms with E-state index in [9.17, 15) is 9.59 Å². The summed E-state index contributed by atoms with van der Waals surface area (Å²) in [6.45, 7) is 9.02. The maximum absolute atomic E-state index is 12.9. The van der Waals surface area contributed by atoms with Gasteiger partial charge in [0.25, 0.3) is 0 Å². The lowest BCUT2D eigenvalue weighted by molar-refractivity contribution is 0.0472. The minimum Gasteiger partial charge on any atom is -0.457 e. The first-order valence-corrected chi connectivity index (χ1v) is 14.3. The van der Waals surface area contributed by atoms with Crippen molar-refractivity contribution < 1.29 is 19.1 Å². The summed E-state index contributed by atoms with van der Waals surface area (Å²) in [7, 11) is 0. The maximum atomic E-state index is 12.9. The molecule has 0 bridgehead atoms.